The predicted octanol–water partition coefficient (Wildman–Crippen LogP) is 1.13. The molecule has 1 fully saturated rings. The fourth-order valence-electron chi connectivity index (χ4n) is 3.42. The average molecular weight is 320 g/mol. The Morgan fingerprint density at radius 1 is 1.30 bits per heavy atom. The molecule has 1 aliphatic rings. The van der Waals surface area contributed by atoms with Crippen LogP contribution in [-0.4, -0.2) is 59.9 Å². The van der Waals surface area contributed by atoms with Gasteiger partial charge in [-0.25, -0.2) is 0 Å². The summed E-state index contributed by atoms with van der Waals surface area (Å²) in [6, 6.07) is 5.80. The molecule has 3 N–H and O–H groups in total. The minimum absolute atomic E-state index is 0.0733. The Balaban J connectivity index is 2.33. The zero-order valence-electron chi connectivity index (χ0n) is 14.4. The van der Waals surface area contributed by atoms with Crippen molar-refractivity contribution < 1.29 is 15.0 Å². The lowest BCUT2D eigenvalue weighted by molar-refractivity contribution is 0.0572. The van der Waals surface area contributed by atoms with Crippen LogP contribution in [-0.2, 0) is 0 Å². The van der Waals surface area contributed by atoms with Crippen LogP contribution in [0.2, 0.25) is 0 Å². The lowest BCUT2D eigenvalue weighted by Gasteiger charge is -2.29. The first-order chi connectivity index (χ1) is 10.8. The Morgan fingerprint density at radius 3 is 2.43 bits per heavy atom. The molecule has 0 spiro atoms. The molecule has 128 valence electrons. The van der Waals surface area contributed by atoms with Gasteiger partial charge in [0.2, 0.25) is 0 Å². The van der Waals surface area contributed by atoms with Crippen molar-refractivity contribution >= 4 is 5.91 Å². The number of carbonyl (C=O) groups excluding carboxylic acids is 1. The molecule has 1 saturated heterocycles. The van der Waals surface area contributed by atoms with Crippen LogP contribution in [0.5, 0.6) is 0 Å². The molecule has 1 aliphatic heterocycles. The second kappa shape index (κ2) is 7.43. The van der Waals surface area contributed by atoms with Gasteiger partial charge in [-0.1, -0.05) is 26.0 Å². The summed E-state index contributed by atoms with van der Waals surface area (Å²) in [5, 5.41) is 22.3. The van der Waals surface area contributed by atoms with Crippen LogP contribution in [0.3, 0.4) is 0 Å². The molecule has 5 nitrogen and oxygen atoms in total. The van der Waals surface area contributed by atoms with E-state index in [-0.39, 0.29) is 11.8 Å². The zero-order chi connectivity index (χ0) is 17.1. The van der Waals surface area contributed by atoms with Gasteiger partial charge in [-0.15, -0.1) is 0 Å². The van der Waals surface area contributed by atoms with Gasteiger partial charge in [0.25, 0.3) is 5.91 Å². The molecule has 5 heteroatoms. The summed E-state index contributed by atoms with van der Waals surface area (Å²) < 4.78 is 0. The number of nitrogens with one attached hydrogen (secondary N) is 1. The highest BCUT2D eigenvalue weighted by Gasteiger charge is 2.33. The molecule has 0 aromatic heterocycles. The summed E-state index contributed by atoms with van der Waals surface area (Å²) >= 11 is 0. The van der Waals surface area contributed by atoms with Gasteiger partial charge in [-0.2, -0.15) is 0 Å². The second-order valence-corrected chi connectivity index (χ2v) is 6.82. The van der Waals surface area contributed by atoms with Crippen LogP contribution < -0.4 is 5.32 Å². The number of amides is 1. The van der Waals surface area contributed by atoms with Crippen molar-refractivity contribution in [2.45, 2.75) is 38.9 Å². The van der Waals surface area contributed by atoms with E-state index in [4.69, 9.17) is 0 Å². The molecular formula is C18H28N2O3. The maximum absolute atomic E-state index is 12.3. The first-order valence-electron chi connectivity index (χ1n) is 8.25. The van der Waals surface area contributed by atoms with Crippen LogP contribution in [0.25, 0.3) is 0 Å². The molecule has 0 unspecified atom stereocenters. The maximum atomic E-state index is 12.3. The van der Waals surface area contributed by atoms with Crippen molar-refractivity contribution in [1.29, 1.82) is 0 Å². The van der Waals surface area contributed by atoms with Gasteiger partial charge in [0.15, 0.2) is 0 Å². The number of likely N-dealkylation sites (tertiary alicyclic amines) is 1. The Morgan fingerprint density at radius 2 is 1.91 bits per heavy atom. The molecule has 0 saturated carbocycles. The number of nitrogens with zero attached hydrogens (tertiary/aromatic N) is 1. The van der Waals surface area contributed by atoms with Crippen molar-refractivity contribution in [3.8, 4) is 0 Å². The standard InChI is InChI=1S/C18H28N2O3/c1-11(2)14(8-20-9-15(21)16(22)10-20)17-12(3)6-5-7-13(17)18(23)19-4/h5-7,11,14-16,21-22H,8-10H2,1-4H3,(H,19,23)/t14-,15+,16+/m0/s1. The van der Waals surface area contributed by atoms with Gasteiger partial charge >= 0.3 is 0 Å². The summed E-state index contributed by atoms with van der Waals surface area (Å²) in [5.74, 6) is 0.436. The number of carbonyl (C=O) groups is 1. The third-order valence-electron chi connectivity index (χ3n) is 4.76. The van der Waals surface area contributed by atoms with Crippen molar-refractivity contribution in [3.05, 3.63) is 34.9 Å². The average Bonchev–Trinajstić information content (AvgIpc) is 2.82. The number of β-amino-alcohol motifs (C(OH)–C–C–N with tert-alkyl or cyclic N) is 2. The van der Waals surface area contributed by atoms with Crippen LogP contribution in [0.1, 0.15) is 41.3 Å². The van der Waals surface area contributed by atoms with Gasteiger partial charge < -0.3 is 15.5 Å². The fraction of sp³-hybridized carbons (Fsp3) is 0.611. The number of hydrogen-bond acceptors (Lipinski definition) is 4. The monoisotopic (exact) mass is 320 g/mol. The number of aliphatic hydroxyl groups is 2. The zero-order valence-corrected chi connectivity index (χ0v) is 14.4. The van der Waals surface area contributed by atoms with E-state index in [1.54, 1.807) is 7.05 Å². The van der Waals surface area contributed by atoms with Crippen molar-refractivity contribution in [2.24, 2.45) is 5.92 Å². The normalized spacial score (nSPS) is 23.3. The number of hydrogen-bond donors (Lipinski definition) is 3. The van der Waals surface area contributed by atoms with Crippen LogP contribution in [0.15, 0.2) is 18.2 Å². The van der Waals surface area contributed by atoms with E-state index in [1.807, 2.05) is 25.1 Å². The highest BCUT2D eigenvalue weighted by atomic mass is 16.3. The lowest BCUT2D eigenvalue weighted by atomic mass is 9.82. The number of aliphatic hydroxyl groups excluding tert-OH is 2. The van der Waals surface area contributed by atoms with E-state index < -0.39 is 12.2 Å². The molecule has 2 rings (SSSR count). The van der Waals surface area contributed by atoms with Crippen molar-refractivity contribution in [3.63, 3.8) is 0 Å². The van der Waals surface area contributed by atoms with Gasteiger partial charge in [0.1, 0.15) is 0 Å². The van der Waals surface area contributed by atoms with E-state index in [1.165, 1.54) is 0 Å². The third-order valence-corrected chi connectivity index (χ3v) is 4.76. The molecule has 1 aromatic carbocycles. The first kappa shape index (κ1) is 17.9. The lowest BCUT2D eigenvalue weighted by Crippen LogP contribution is -2.32. The number of benzene rings is 1. The highest BCUT2D eigenvalue weighted by Crippen LogP contribution is 2.32. The Kier molecular flexibility index (Phi) is 5.79. The van der Waals surface area contributed by atoms with Crippen molar-refractivity contribution in [1.82, 2.24) is 10.2 Å². The molecule has 23 heavy (non-hydrogen) atoms. The van der Waals surface area contributed by atoms with E-state index in [0.717, 1.165) is 17.7 Å². The van der Waals surface area contributed by atoms with Gasteiger partial charge in [-0.3, -0.25) is 9.69 Å². The summed E-state index contributed by atoms with van der Waals surface area (Å²) in [5.41, 5.74) is 2.88. The summed E-state index contributed by atoms with van der Waals surface area (Å²) in [4.78, 5) is 14.3. The quantitative estimate of drug-likeness (QED) is 0.760. The molecule has 0 radical (unpaired) electrons. The van der Waals surface area contributed by atoms with Gasteiger partial charge in [0.05, 0.1) is 12.2 Å². The van der Waals surface area contributed by atoms with Gasteiger partial charge in [-0.05, 0) is 36.0 Å². The van der Waals surface area contributed by atoms with E-state index in [2.05, 4.69) is 24.1 Å². The highest BCUT2D eigenvalue weighted by molar-refractivity contribution is 5.96. The second-order valence-electron chi connectivity index (χ2n) is 6.82. The SMILES string of the molecule is CNC(=O)c1cccc(C)c1[C@@H](CN1C[C@@H](O)[C@H](O)C1)C(C)C. The number of aryl methyl sites for hydroxylation is 1. The third kappa shape index (κ3) is 3.91. The molecule has 1 heterocycles. The van der Waals surface area contributed by atoms with Gasteiger partial charge in [0, 0.05) is 32.2 Å². The molecule has 1 amide bonds. The summed E-state index contributed by atoms with van der Waals surface area (Å²) in [6.45, 7) is 8.00. The largest absolute Gasteiger partial charge is 0.389 e. The van der Waals surface area contributed by atoms with Crippen LogP contribution in [0, 0.1) is 12.8 Å². The maximum Gasteiger partial charge on any atom is 0.251 e. The Hall–Kier alpha value is -1.43. The van der Waals surface area contributed by atoms with Crippen molar-refractivity contribution in [2.75, 3.05) is 26.7 Å². The Bertz CT molecular complexity index is 549. The smallest absolute Gasteiger partial charge is 0.251 e. The summed E-state index contributed by atoms with van der Waals surface area (Å²) in [6.07, 6.45) is -1.36. The van der Waals surface area contributed by atoms with E-state index >= 15 is 0 Å². The van der Waals surface area contributed by atoms with Crippen LogP contribution >= 0.6 is 0 Å². The topological polar surface area (TPSA) is 72.8 Å². The van der Waals surface area contributed by atoms with E-state index in [9.17, 15) is 15.0 Å². The predicted molar refractivity (Wildman–Crippen MR) is 90.6 cm³/mol. The number of rotatable bonds is 5. The fourth-order valence-corrected chi connectivity index (χ4v) is 3.42. The van der Waals surface area contributed by atoms with Crippen LogP contribution in [0.4, 0.5) is 0 Å². The molecule has 0 bridgehead atoms. The molecule has 3 atom stereocenters. The minimum Gasteiger partial charge on any atom is -0.389 e. The van der Waals surface area contributed by atoms with E-state index in [0.29, 0.717) is 24.6 Å². The first-order valence-corrected chi connectivity index (χ1v) is 8.25. The molecule has 1 aromatic rings. The molecular weight excluding hydrogens is 292 g/mol. The summed E-state index contributed by atoms with van der Waals surface area (Å²) in [7, 11) is 1.64. The minimum atomic E-state index is -0.682. The Labute approximate surface area is 138 Å². The molecule has 0 aliphatic carbocycles.